The molecule has 0 aliphatic carbocycles. The fourth-order valence-corrected chi connectivity index (χ4v) is 1.80. The summed E-state index contributed by atoms with van der Waals surface area (Å²) in [6, 6.07) is 4.97. The number of carbonyl (C=O) groups is 2. The second kappa shape index (κ2) is 6.08. The number of methoxy groups -OCH3 is 1. The molecule has 0 fully saturated rings. The lowest BCUT2D eigenvalue weighted by atomic mass is 10.1. The molecule has 0 aliphatic heterocycles. The summed E-state index contributed by atoms with van der Waals surface area (Å²) in [5, 5.41) is 6.67. The topological polar surface area (TPSA) is 99.2 Å². The van der Waals surface area contributed by atoms with Crippen molar-refractivity contribution >= 4 is 23.3 Å². The third-order valence-electron chi connectivity index (χ3n) is 2.89. The molecule has 7 heteroatoms. The second-order valence-corrected chi connectivity index (χ2v) is 4.54. The highest BCUT2D eigenvalue weighted by Gasteiger charge is 2.11. The molecule has 1 amide bonds. The zero-order valence-corrected chi connectivity index (χ0v) is 11.8. The molecular formula is C14H16N4O3. The number of aromatic nitrogens is 2. The molecule has 0 saturated carbocycles. The van der Waals surface area contributed by atoms with Gasteiger partial charge in [-0.15, -0.1) is 0 Å². The largest absolute Gasteiger partial charge is 0.465 e. The first-order chi connectivity index (χ1) is 9.99. The van der Waals surface area contributed by atoms with Crippen LogP contribution in [0.1, 0.15) is 15.9 Å². The van der Waals surface area contributed by atoms with Crippen molar-refractivity contribution in [2.75, 3.05) is 18.2 Å². The Morgan fingerprint density at radius 3 is 2.81 bits per heavy atom. The fourth-order valence-electron chi connectivity index (χ4n) is 1.80. The van der Waals surface area contributed by atoms with Crippen molar-refractivity contribution in [3.63, 3.8) is 0 Å². The number of nitrogen functional groups attached to an aromatic ring is 1. The predicted octanol–water partition coefficient (Wildman–Crippen LogP) is 1.20. The van der Waals surface area contributed by atoms with Gasteiger partial charge in [-0.25, -0.2) is 4.79 Å². The quantitative estimate of drug-likeness (QED) is 0.823. The highest BCUT2D eigenvalue weighted by molar-refractivity contribution is 5.95. The van der Waals surface area contributed by atoms with Crippen molar-refractivity contribution in [1.82, 2.24) is 9.78 Å². The average Bonchev–Trinajstić information content (AvgIpc) is 2.85. The summed E-state index contributed by atoms with van der Waals surface area (Å²) in [5.74, 6) is -0.714. The van der Waals surface area contributed by atoms with Crippen LogP contribution >= 0.6 is 0 Å². The van der Waals surface area contributed by atoms with Gasteiger partial charge in [0.15, 0.2) is 0 Å². The number of carbonyl (C=O) groups excluding carboxylic acids is 2. The number of nitrogens with zero attached hydrogens (tertiary/aromatic N) is 2. The first-order valence-corrected chi connectivity index (χ1v) is 6.26. The van der Waals surface area contributed by atoms with E-state index in [2.05, 4.69) is 15.2 Å². The van der Waals surface area contributed by atoms with Crippen molar-refractivity contribution in [3.8, 4) is 0 Å². The Bertz CT molecular complexity index is 679. The molecule has 2 rings (SSSR count). The molecule has 0 saturated heterocycles. The first kappa shape index (κ1) is 14.6. The van der Waals surface area contributed by atoms with Gasteiger partial charge < -0.3 is 15.8 Å². The average molecular weight is 288 g/mol. The molecule has 21 heavy (non-hydrogen) atoms. The van der Waals surface area contributed by atoms with Crippen LogP contribution in [0.15, 0.2) is 30.6 Å². The van der Waals surface area contributed by atoms with Crippen molar-refractivity contribution < 1.29 is 14.3 Å². The first-order valence-electron chi connectivity index (χ1n) is 6.26. The van der Waals surface area contributed by atoms with Gasteiger partial charge in [-0.2, -0.15) is 5.10 Å². The van der Waals surface area contributed by atoms with Gasteiger partial charge in [0.1, 0.15) is 6.54 Å². The van der Waals surface area contributed by atoms with E-state index in [4.69, 9.17) is 5.73 Å². The van der Waals surface area contributed by atoms with Gasteiger partial charge in [0.2, 0.25) is 5.91 Å². The third kappa shape index (κ3) is 3.59. The van der Waals surface area contributed by atoms with Crippen LogP contribution in [0.5, 0.6) is 0 Å². The molecule has 0 spiro atoms. The Labute approximate surface area is 121 Å². The van der Waals surface area contributed by atoms with Crippen molar-refractivity contribution in [1.29, 1.82) is 0 Å². The number of rotatable bonds is 4. The van der Waals surface area contributed by atoms with E-state index < -0.39 is 5.97 Å². The van der Waals surface area contributed by atoms with E-state index in [-0.39, 0.29) is 12.5 Å². The monoisotopic (exact) mass is 288 g/mol. The number of nitrogens with one attached hydrogen (secondary N) is 1. The zero-order chi connectivity index (χ0) is 15.4. The van der Waals surface area contributed by atoms with Gasteiger partial charge in [-0.1, -0.05) is 6.07 Å². The van der Waals surface area contributed by atoms with Gasteiger partial charge in [0.05, 0.1) is 24.6 Å². The van der Waals surface area contributed by atoms with Crippen LogP contribution in [-0.2, 0) is 16.1 Å². The minimum absolute atomic E-state index is 0.0408. The predicted molar refractivity (Wildman–Crippen MR) is 77.8 cm³/mol. The molecule has 3 N–H and O–H groups in total. The van der Waals surface area contributed by atoms with Crippen molar-refractivity contribution in [2.24, 2.45) is 0 Å². The second-order valence-electron chi connectivity index (χ2n) is 4.54. The molecule has 0 unspecified atom stereocenters. The summed E-state index contributed by atoms with van der Waals surface area (Å²) in [6.45, 7) is 1.88. The Balaban J connectivity index is 2.11. The fraction of sp³-hybridized carbons (Fsp3) is 0.214. The van der Waals surface area contributed by atoms with Crippen LogP contribution in [0.3, 0.4) is 0 Å². The maximum atomic E-state index is 12.0. The number of nitrogens with two attached hydrogens (primary N) is 1. The number of amides is 1. The van der Waals surface area contributed by atoms with Crippen LogP contribution in [0.2, 0.25) is 0 Å². The van der Waals surface area contributed by atoms with Crippen LogP contribution < -0.4 is 11.1 Å². The standard InChI is InChI=1S/C14H16N4O3/c1-9-3-4-10(14(20)21-2)5-12(9)17-13(19)8-18-7-11(15)6-16-18/h3-7H,8,15H2,1-2H3,(H,17,19). The highest BCUT2D eigenvalue weighted by Crippen LogP contribution is 2.17. The van der Waals surface area contributed by atoms with E-state index in [0.29, 0.717) is 16.9 Å². The summed E-state index contributed by atoms with van der Waals surface area (Å²) < 4.78 is 6.09. The number of ether oxygens (including phenoxy) is 1. The minimum Gasteiger partial charge on any atom is -0.465 e. The third-order valence-corrected chi connectivity index (χ3v) is 2.89. The van der Waals surface area contributed by atoms with Crippen LogP contribution in [0.25, 0.3) is 0 Å². The van der Waals surface area contributed by atoms with Gasteiger partial charge in [-0.3, -0.25) is 9.48 Å². The maximum Gasteiger partial charge on any atom is 0.337 e. The molecule has 0 atom stereocenters. The molecule has 1 aromatic carbocycles. The molecule has 0 bridgehead atoms. The van der Waals surface area contributed by atoms with Gasteiger partial charge >= 0.3 is 5.97 Å². The van der Waals surface area contributed by atoms with Crippen LogP contribution in [0, 0.1) is 6.92 Å². The van der Waals surface area contributed by atoms with Crippen LogP contribution in [-0.4, -0.2) is 28.8 Å². The Hall–Kier alpha value is -2.83. The van der Waals surface area contributed by atoms with Gasteiger partial charge in [0.25, 0.3) is 0 Å². The number of hydrogen-bond acceptors (Lipinski definition) is 5. The summed E-state index contributed by atoms with van der Waals surface area (Å²) in [6.07, 6.45) is 3.04. The van der Waals surface area contributed by atoms with Gasteiger partial charge in [0, 0.05) is 11.9 Å². The summed E-state index contributed by atoms with van der Waals surface area (Å²) >= 11 is 0. The molecule has 0 aliphatic rings. The smallest absolute Gasteiger partial charge is 0.337 e. The van der Waals surface area contributed by atoms with Gasteiger partial charge in [-0.05, 0) is 24.6 Å². The minimum atomic E-state index is -0.453. The lowest BCUT2D eigenvalue weighted by molar-refractivity contribution is -0.116. The molecule has 0 radical (unpaired) electrons. The Kier molecular flexibility index (Phi) is 4.22. The molecule has 110 valence electrons. The lowest BCUT2D eigenvalue weighted by Crippen LogP contribution is -2.19. The van der Waals surface area contributed by atoms with E-state index in [1.807, 2.05) is 6.92 Å². The number of aryl methyl sites for hydroxylation is 1. The van der Waals surface area contributed by atoms with E-state index in [1.54, 1.807) is 24.4 Å². The number of anilines is 2. The molecular weight excluding hydrogens is 272 g/mol. The van der Waals surface area contributed by atoms with E-state index >= 15 is 0 Å². The molecule has 1 heterocycles. The molecule has 2 aromatic rings. The molecule has 1 aromatic heterocycles. The zero-order valence-electron chi connectivity index (χ0n) is 11.8. The van der Waals surface area contributed by atoms with E-state index in [9.17, 15) is 9.59 Å². The van der Waals surface area contributed by atoms with E-state index in [1.165, 1.54) is 18.0 Å². The molecule has 7 nitrogen and oxygen atoms in total. The maximum absolute atomic E-state index is 12.0. The van der Waals surface area contributed by atoms with Crippen molar-refractivity contribution in [2.45, 2.75) is 13.5 Å². The van der Waals surface area contributed by atoms with E-state index in [0.717, 1.165) is 5.56 Å². The summed E-state index contributed by atoms with van der Waals surface area (Å²) in [5.41, 5.74) is 7.80. The number of benzene rings is 1. The lowest BCUT2D eigenvalue weighted by Gasteiger charge is -2.10. The summed E-state index contributed by atoms with van der Waals surface area (Å²) in [4.78, 5) is 23.5. The Morgan fingerprint density at radius 1 is 1.43 bits per heavy atom. The SMILES string of the molecule is COC(=O)c1ccc(C)c(NC(=O)Cn2cc(N)cn2)c1. The summed E-state index contributed by atoms with van der Waals surface area (Å²) in [7, 11) is 1.31. The Morgan fingerprint density at radius 2 is 2.19 bits per heavy atom. The number of hydrogen-bond donors (Lipinski definition) is 2. The highest BCUT2D eigenvalue weighted by atomic mass is 16.5. The normalized spacial score (nSPS) is 10.2. The number of esters is 1. The van der Waals surface area contributed by atoms with Crippen molar-refractivity contribution in [3.05, 3.63) is 41.7 Å². The van der Waals surface area contributed by atoms with Crippen LogP contribution in [0.4, 0.5) is 11.4 Å².